The third-order valence-corrected chi connectivity index (χ3v) is 4.05. The van der Waals surface area contributed by atoms with Crippen LogP contribution >= 0.6 is 0 Å². The Labute approximate surface area is 110 Å². The molecule has 4 rings (SSSR count). The van der Waals surface area contributed by atoms with E-state index >= 15 is 0 Å². The molecule has 1 aromatic heterocycles. The molecular weight excluding hydrogens is 222 g/mol. The van der Waals surface area contributed by atoms with Crippen molar-refractivity contribution in [1.82, 2.24) is 9.88 Å². The number of aromatic nitrogens is 1. The van der Waals surface area contributed by atoms with Crippen molar-refractivity contribution in [2.24, 2.45) is 5.73 Å². The molecule has 2 atom stereocenters. The largest absolute Gasteiger partial charge is 0.361 e. The number of rotatable bonds is 0. The highest BCUT2D eigenvalue weighted by molar-refractivity contribution is 5.98. The predicted octanol–water partition coefficient (Wildman–Crippen LogP) is 1.75. The molecule has 0 radical (unpaired) electrons. The molecule has 1 aliphatic carbocycles. The lowest BCUT2D eigenvalue weighted by Gasteiger charge is -2.38. The summed E-state index contributed by atoms with van der Waals surface area (Å²) in [6.07, 6.45) is 4.75. The highest BCUT2D eigenvalue weighted by Gasteiger charge is 2.32. The van der Waals surface area contributed by atoms with Gasteiger partial charge in [-0.05, 0) is 36.2 Å². The second-order valence-electron chi connectivity index (χ2n) is 5.20. The molecule has 0 unspecified atom stereocenters. The average molecular weight is 242 g/mol. The fourth-order valence-electron chi connectivity index (χ4n) is 3.27. The first-order valence-corrected chi connectivity index (χ1v) is 6.28. The van der Waals surface area contributed by atoms with E-state index in [2.05, 4.69) is 11.1 Å². The van der Waals surface area contributed by atoms with Crippen molar-refractivity contribution in [2.75, 3.05) is 13.5 Å². The van der Waals surface area contributed by atoms with Crippen LogP contribution in [-0.4, -0.2) is 35.5 Å². The van der Waals surface area contributed by atoms with Crippen LogP contribution < -0.4 is 5.73 Å². The average Bonchev–Trinajstić information content (AvgIpc) is 2.83. The molecule has 0 amide bonds. The third kappa shape index (κ3) is 1.26. The molecule has 2 heterocycles. The summed E-state index contributed by atoms with van der Waals surface area (Å²) in [7, 11) is 0. The number of nitrogens with zero attached hydrogens (tertiary/aromatic N) is 1. The fourth-order valence-corrected chi connectivity index (χ4v) is 3.27. The number of hydrogen-bond acceptors (Lipinski definition) is 2. The molecule has 2 aromatic rings. The Bertz CT molecular complexity index is 744. The van der Waals surface area contributed by atoms with Crippen LogP contribution in [0.5, 0.6) is 0 Å². The first kappa shape index (κ1) is 7.77. The lowest BCUT2D eigenvalue weighted by molar-refractivity contribution is 0.268. The zero-order valence-electron chi connectivity index (χ0n) is 13.0. The van der Waals surface area contributed by atoms with Gasteiger partial charge in [0.2, 0.25) is 0 Å². The summed E-state index contributed by atoms with van der Waals surface area (Å²) in [4.78, 5) is 4.85. The number of likely N-dealkylation sites (N-methyl/N-ethyl adjacent to an activating group) is 1. The molecule has 92 valence electrons. The van der Waals surface area contributed by atoms with Crippen LogP contribution in [0.4, 0.5) is 0 Å². The standard InChI is InChI=1S/C15H17N3/c1-18-8-10(16)6-12-11-3-2-4-13-15(11)9(7-17-13)5-14(12)18/h2-4,6-7,10,14,17H,5,8,16H2,1H3/t10-,14+/m0/s1/i1D3. The second-order valence-corrected chi connectivity index (χ2v) is 5.20. The molecule has 0 fully saturated rings. The first-order valence-electron chi connectivity index (χ1n) is 7.78. The highest BCUT2D eigenvalue weighted by atomic mass is 15.1. The Hall–Kier alpha value is -1.58. The van der Waals surface area contributed by atoms with Crippen molar-refractivity contribution >= 4 is 16.5 Å². The van der Waals surface area contributed by atoms with Crippen molar-refractivity contribution in [3.8, 4) is 0 Å². The van der Waals surface area contributed by atoms with Gasteiger partial charge in [0.05, 0.1) is 0 Å². The summed E-state index contributed by atoms with van der Waals surface area (Å²) < 4.78 is 23.4. The van der Waals surface area contributed by atoms with Gasteiger partial charge >= 0.3 is 0 Å². The zero-order chi connectivity index (χ0) is 14.8. The topological polar surface area (TPSA) is 45.0 Å². The van der Waals surface area contributed by atoms with Gasteiger partial charge in [0.1, 0.15) is 0 Å². The quantitative estimate of drug-likeness (QED) is 0.739. The normalized spacial score (nSPS) is 30.3. The molecule has 3 N–H and O–H groups in total. The smallest absolute Gasteiger partial charge is 0.0462 e. The van der Waals surface area contributed by atoms with E-state index in [1.165, 1.54) is 10.9 Å². The van der Waals surface area contributed by atoms with Gasteiger partial charge in [-0.15, -0.1) is 0 Å². The third-order valence-electron chi connectivity index (χ3n) is 4.05. The summed E-state index contributed by atoms with van der Waals surface area (Å²) in [6.45, 7) is -1.75. The lowest BCUT2D eigenvalue weighted by Crippen LogP contribution is -2.46. The van der Waals surface area contributed by atoms with E-state index < -0.39 is 6.98 Å². The van der Waals surface area contributed by atoms with Crippen LogP contribution in [0, 0.1) is 0 Å². The number of aromatic amines is 1. The number of nitrogens with one attached hydrogen (secondary N) is 1. The number of fused-ring (bicyclic) bond motifs is 2. The van der Waals surface area contributed by atoms with Gasteiger partial charge in [0.15, 0.2) is 0 Å². The maximum absolute atomic E-state index is 7.80. The Kier molecular flexibility index (Phi) is 1.50. The monoisotopic (exact) mass is 242 g/mol. The van der Waals surface area contributed by atoms with E-state index in [0.717, 1.165) is 16.7 Å². The maximum atomic E-state index is 7.80. The first-order chi connectivity index (χ1) is 9.95. The minimum absolute atomic E-state index is 0.119. The van der Waals surface area contributed by atoms with E-state index in [4.69, 9.17) is 9.85 Å². The molecule has 0 saturated carbocycles. The molecule has 0 saturated heterocycles. The van der Waals surface area contributed by atoms with Gasteiger partial charge in [-0.25, -0.2) is 0 Å². The highest BCUT2D eigenvalue weighted by Crippen LogP contribution is 2.39. The van der Waals surface area contributed by atoms with Gasteiger partial charge < -0.3 is 10.7 Å². The van der Waals surface area contributed by atoms with Gasteiger partial charge in [-0.1, -0.05) is 18.2 Å². The molecule has 0 spiro atoms. The van der Waals surface area contributed by atoms with Crippen molar-refractivity contribution in [3.05, 3.63) is 41.6 Å². The van der Waals surface area contributed by atoms with Gasteiger partial charge in [0, 0.05) is 39.8 Å². The number of nitrogens with two attached hydrogens (primary N) is 1. The summed E-state index contributed by atoms with van der Waals surface area (Å²) in [5, 5.41) is 1.21. The van der Waals surface area contributed by atoms with Crippen LogP contribution in [0.3, 0.4) is 0 Å². The van der Waals surface area contributed by atoms with Crippen molar-refractivity contribution in [3.63, 3.8) is 0 Å². The van der Waals surface area contributed by atoms with Gasteiger partial charge in [-0.2, -0.15) is 0 Å². The van der Waals surface area contributed by atoms with E-state index in [1.807, 2.05) is 24.4 Å². The molecule has 1 aliphatic heterocycles. The van der Waals surface area contributed by atoms with E-state index in [1.54, 1.807) is 4.90 Å². The molecule has 0 bridgehead atoms. The summed E-state index contributed by atoms with van der Waals surface area (Å²) in [5.41, 5.74) is 10.5. The molecule has 3 heteroatoms. The van der Waals surface area contributed by atoms with Gasteiger partial charge in [0.25, 0.3) is 0 Å². The SMILES string of the molecule is [2H]C([2H])([2H])N1C[C@@H](N)C=C2c3cccc4[nH]cc(c34)C[C@H]21. The van der Waals surface area contributed by atoms with Crippen LogP contribution in [0.15, 0.2) is 30.5 Å². The molecule has 2 aliphatic rings. The Morgan fingerprint density at radius 3 is 3.33 bits per heavy atom. The van der Waals surface area contributed by atoms with Crippen LogP contribution in [-0.2, 0) is 6.42 Å². The molecule has 3 nitrogen and oxygen atoms in total. The Morgan fingerprint density at radius 1 is 1.50 bits per heavy atom. The van der Waals surface area contributed by atoms with Crippen LogP contribution in [0.1, 0.15) is 15.2 Å². The second kappa shape index (κ2) is 3.46. The van der Waals surface area contributed by atoms with Crippen molar-refractivity contribution in [2.45, 2.75) is 18.5 Å². The van der Waals surface area contributed by atoms with Crippen molar-refractivity contribution in [1.29, 1.82) is 0 Å². The van der Waals surface area contributed by atoms with Gasteiger partial charge in [-0.3, -0.25) is 4.90 Å². The van der Waals surface area contributed by atoms with E-state index in [0.29, 0.717) is 13.0 Å². The summed E-state index contributed by atoms with van der Waals surface area (Å²) in [6, 6.07) is 5.75. The Morgan fingerprint density at radius 2 is 2.44 bits per heavy atom. The summed E-state index contributed by atoms with van der Waals surface area (Å²) in [5.74, 6) is 0. The van der Waals surface area contributed by atoms with Crippen LogP contribution in [0.25, 0.3) is 16.5 Å². The van der Waals surface area contributed by atoms with Crippen LogP contribution in [0.2, 0.25) is 0 Å². The summed E-state index contributed by atoms with van der Waals surface area (Å²) >= 11 is 0. The molecular formula is C15H17N3. The lowest BCUT2D eigenvalue weighted by atomic mass is 9.81. The number of hydrogen-bond donors (Lipinski definition) is 2. The van der Waals surface area contributed by atoms with Crippen molar-refractivity contribution < 1.29 is 4.11 Å². The maximum Gasteiger partial charge on any atom is 0.0462 e. The Balaban J connectivity index is 1.93. The minimum atomic E-state index is -2.12. The van der Waals surface area contributed by atoms with E-state index in [9.17, 15) is 0 Å². The zero-order valence-corrected chi connectivity index (χ0v) is 9.98. The molecule has 1 aromatic carbocycles. The number of benzene rings is 1. The predicted molar refractivity (Wildman–Crippen MR) is 74.4 cm³/mol. The molecule has 18 heavy (non-hydrogen) atoms. The number of H-pyrrole nitrogens is 1. The fraction of sp³-hybridized carbons (Fsp3) is 0.333. The van der Waals surface area contributed by atoms with E-state index in [-0.39, 0.29) is 12.1 Å². The minimum Gasteiger partial charge on any atom is -0.361 e.